The summed E-state index contributed by atoms with van der Waals surface area (Å²) in [4.78, 5) is 21.8. The van der Waals surface area contributed by atoms with E-state index < -0.39 is 40.2 Å². The monoisotopic (exact) mass is 534 g/mol. The van der Waals surface area contributed by atoms with Crippen molar-refractivity contribution in [2.45, 2.75) is 25.6 Å². The van der Waals surface area contributed by atoms with E-state index in [1.807, 2.05) is 6.07 Å². The fourth-order valence-electron chi connectivity index (χ4n) is 4.38. The number of alkyl halides is 3. The zero-order valence-corrected chi connectivity index (χ0v) is 20.8. The normalized spacial score (nSPS) is 12.1. The Morgan fingerprint density at radius 3 is 2.31 bits per heavy atom. The van der Waals surface area contributed by atoms with Gasteiger partial charge in [0.05, 0.1) is 34.4 Å². The maximum absolute atomic E-state index is 15.1. The van der Waals surface area contributed by atoms with Gasteiger partial charge in [-0.15, -0.1) is 0 Å². The van der Waals surface area contributed by atoms with E-state index in [4.69, 9.17) is 0 Å². The van der Waals surface area contributed by atoms with Gasteiger partial charge >= 0.3 is 6.18 Å². The SMILES string of the molecule is CC(C)(O)c1cnc2c(NC(=O)c3cc(-c4ccccn4)c(C(F)(F)F)cc3F)c(-c3ccccc3)ccn12. The molecule has 39 heavy (non-hydrogen) atoms. The first-order valence-electron chi connectivity index (χ1n) is 11.9. The molecule has 1 amide bonds. The van der Waals surface area contributed by atoms with Crippen molar-refractivity contribution in [3.05, 3.63) is 108 Å². The fraction of sp³-hybridized carbons (Fsp3) is 0.138. The Hall–Kier alpha value is -4.57. The van der Waals surface area contributed by atoms with E-state index in [0.717, 1.165) is 6.07 Å². The predicted octanol–water partition coefficient (Wildman–Crippen LogP) is 6.70. The molecule has 0 aliphatic heterocycles. The summed E-state index contributed by atoms with van der Waals surface area (Å²) in [5, 5.41) is 13.2. The first kappa shape index (κ1) is 26.1. The van der Waals surface area contributed by atoms with Crippen LogP contribution in [0.15, 0.2) is 85.3 Å². The third-order valence-corrected chi connectivity index (χ3v) is 6.23. The molecule has 0 spiro atoms. The van der Waals surface area contributed by atoms with Crippen LogP contribution in [-0.2, 0) is 11.8 Å². The molecule has 0 saturated carbocycles. The van der Waals surface area contributed by atoms with Crippen LogP contribution in [0.2, 0.25) is 0 Å². The number of aromatic nitrogens is 3. The number of anilines is 1. The van der Waals surface area contributed by atoms with E-state index in [1.165, 1.54) is 30.6 Å². The van der Waals surface area contributed by atoms with Crippen LogP contribution in [0.4, 0.5) is 23.2 Å². The van der Waals surface area contributed by atoms with Crippen LogP contribution >= 0.6 is 0 Å². The summed E-state index contributed by atoms with van der Waals surface area (Å²) in [6.07, 6.45) is -0.425. The maximum atomic E-state index is 15.1. The van der Waals surface area contributed by atoms with Crippen molar-refractivity contribution >= 4 is 17.2 Å². The lowest BCUT2D eigenvalue weighted by Crippen LogP contribution is -2.19. The first-order valence-corrected chi connectivity index (χ1v) is 11.9. The van der Waals surface area contributed by atoms with Crippen LogP contribution in [0, 0.1) is 5.82 Å². The number of aliphatic hydroxyl groups is 1. The molecular weight excluding hydrogens is 512 g/mol. The smallest absolute Gasteiger partial charge is 0.384 e. The molecule has 0 aliphatic carbocycles. The van der Waals surface area contributed by atoms with Crippen molar-refractivity contribution in [2.24, 2.45) is 0 Å². The first-order chi connectivity index (χ1) is 18.4. The van der Waals surface area contributed by atoms with Crippen molar-refractivity contribution in [1.82, 2.24) is 14.4 Å². The van der Waals surface area contributed by atoms with E-state index in [0.29, 0.717) is 22.9 Å². The number of hydrogen-bond acceptors (Lipinski definition) is 4. The van der Waals surface area contributed by atoms with Gasteiger partial charge in [-0.05, 0) is 49.7 Å². The van der Waals surface area contributed by atoms with E-state index in [9.17, 15) is 23.1 Å². The standard InChI is InChI=1S/C29H22F4N4O2/c1-28(2,39)24-16-35-26-25(18(11-13-37(24)26)17-8-4-3-5-9-17)36-27(38)20-14-19(23-10-6-7-12-34-23)21(15-22(20)30)29(31,32)33/h3-16,39H,1-2H3,(H,36,38). The van der Waals surface area contributed by atoms with Crippen molar-refractivity contribution in [3.8, 4) is 22.4 Å². The van der Waals surface area contributed by atoms with E-state index >= 15 is 4.39 Å². The third-order valence-electron chi connectivity index (χ3n) is 6.23. The molecule has 0 radical (unpaired) electrons. The minimum Gasteiger partial charge on any atom is -0.384 e. The molecule has 0 aliphatic rings. The molecule has 5 aromatic rings. The molecule has 0 saturated heterocycles. The van der Waals surface area contributed by atoms with Gasteiger partial charge in [-0.3, -0.25) is 14.2 Å². The minimum atomic E-state index is -4.88. The van der Waals surface area contributed by atoms with Crippen molar-refractivity contribution < 1.29 is 27.5 Å². The summed E-state index contributed by atoms with van der Waals surface area (Å²) >= 11 is 0. The number of halogens is 4. The van der Waals surface area contributed by atoms with E-state index in [-0.39, 0.29) is 17.0 Å². The quantitative estimate of drug-likeness (QED) is 0.246. The van der Waals surface area contributed by atoms with Gasteiger partial charge in [-0.1, -0.05) is 36.4 Å². The second kappa shape index (κ2) is 9.63. The molecule has 10 heteroatoms. The van der Waals surface area contributed by atoms with Crippen LogP contribution < -0.4 is 5.32 Å². The Bertz CT molecular complexity index is 1680. The van der Waals surface area contributed by atoms with Crippen molar-refractivity contribution in [1.29, 1.82) is 0 Å². The summed E-state index contributed by atoms with van der Waals surface area (Å²) in [5.41, 5.74) is -1.45. The summed E-state index contributed by atoms with van der Waals surface area (Å²) in [7, 11) is 0. The Labute approximate surface area is 220 Å². The molecule has 0 unspecified atom stereocenters. The molecule has 3 heterocycles. The summed E-state index contributed by atoms with van der Waals surface area (Å²) in [6.45, 7) is 3.16. The van der Waals surface area contributed by atoms with Gasteiger partial charge in [0.25, 0.3) is 5.91 Å². The number of pyridine rings is 2. The second-order valence-corrected chi connectivity index (χ2v) is 9.41. The molecule has 0 atom stereocenters. The van der Waals surface area contributed by atoms with Gasteiger partial charge in [-0.2, -0.15) is 13.2 Å². The molecular formula is C29H22F4N4O2. The lowest BCUT2D eigenvalue weighted by Gasteiger charge is -2.19. The van der Waals surface area contributed by atoms with Crippen LogP contribution in [-0.4, -0.2) is 25.4 Å². The summed E-state index contributed by atoms with van der Waals surface area (Å²) in [6, 6.07) is 16.3. The molecule has 198 valence electrons. The molecule has 6 nitrogen and oxygen atoms in total. The van der Waals surface area contributed by atoms with Gasteiger partial charge < -0.3 is 10.4 Å². The lowest BCUT2D eigenvalue weighted by molar-refractivity contribution is -0.137. The average molecular weight is 535 g/mol. The van der Waals surface area contributed by atoms with E-state index in [1.54, 1.807) is 54.8 Å². The highest BCUT2D eigenvalue weighted by Crippen LogP contribution is 2.39. The van der Waals surface area contributed by atoms with Crippen LogP contribution in [0.3, 0.4) is 0 Å². The number of amides is 1. The number of nitrogens with zero attached hydrogens (tertiary/aromatic N) is 3. The Kier molecular flexibility index (Phi) is 6.43. The van der Waals surface area contributed by atoms with Crippen LogP contribution in [0.5, 0.6) is 0 Å². The molecule has 2 aromatic carbocycles. The molecule has 0 bridgehead atoms. The van der Waals surface area contributed by atoms with Gasteiger partial charge in [-0.25, -0.2) is 9.37 Å². The number of benzene rings is 2. The lowest BCUT2D eigenvalue weighted by atomic mass is 9.98. The third kappa shape index (κ3) is 4.98. The number of imidazole rings is 1. The Morgan fingerprint density at radius 1 is 0.949 bits per heavy atom. The number of nitrogens with one attached hydrogen (secondary N) is 1. The highest BCUT2D eigenvalue weighted by molar-refractivity contribution is 6.09. The van der Waals surface area contributed by atoms with E-state index in [2.05, 4.69) is 15.3 Å². The van der Waals surface area contributed by atoms with Crippen LogP contribution in [0.25, 0.3) is 28.0 Å². The highest BCUT2D eigenvalue weighted by atomic mass is 19.4. The second-order valence-electron chi connectivity index (χ2n) is 9.41. The van der Waals surface area contributed by atoms with Gasteiger partial charge in [0, 0.05) is 23.5 Å². The number of hydrogen-bond donors (Lipinski definition) is 2. The predicted molar refractivity (Wildman–Crippen MR) is 138 cm³/mol. The summed E-state index contributed by atoms with van der Waals surface area (Å²) < 4.78 is 58.0. The number of carbonyl (C=O) groups is 1. The average Bonchev–Trinajstić information content (AvgIpc) is 3.35. The van der Waals surface area contributed by atoms with Gasteiger partial charge in [0.15, 0.2) is 5.65 Å². The molecule has 5 rings (SSSR count). The number of rotatable bonds is 5. The maximum Gasteiger partial charge on any atom is 0.417 e. The Balaban J connectivity index is 1.67. The molecule has 0 fully saturated rings. The van der Waals surface area contributed by atoms with Gasteiger partial charge in [0.1, 0.15) is 11.4 Å². The van der Waals surface area contributed by atoms with Crippen molar-refractivity contribution in [2.75, 3.05) is 5.32 Å². The minimum absolute atomic E-state index is 0.0611. The number of fused-ring (bicyclic) bond motifs is 1. The number of carbonyl (C=O) groups excluding carboxylic acids is 1. The van der Waals surface area contributed by atoms with Crippen LogP contribution in [0.1, 0.15) is 35.5 Å². The topological polar surface area (TPSA) is 79.5 Å². The fourth-order valence-corrected chi connectivity index (χ4v) is 4.38. The zero-order valence-electron chi connectivity index (χ0n) is 20.8. The largest absolute Gasteiger partial charge is 0.417 e. The zero-order chi connectivity index (χ0) is 27.9. The van der Waals surface area contributed by atoms with Crippen molar-refractivity contribution in [3.63, 3.8) is 0 Å². The molecule has 2 N–H and O–H groups in total. The highest BCUT2D eigenvalue weighted by Gasteiger charge is 2.36. The molecule has 3 aromatic heterocycles. The summed E-state index contributed by atoms with van der Waals surface area (Å²) in [5.74, 6) is -2.32. The van der Waals surface area contributed by atoms with Gasteiger partial charge in [0.2, 0.25) is 0 Å². The Morgan fingerprint density at radius 2 is 1.67 bits per heavy atom.